The van der Waals surface area contributed by atoms with Gasteiger partial charge in [-0.2, -0.15) is 0 Å². The topological polar surface area (TPSA) is 105 Å². The Bertz CT molecular complexity index is 923. The minimum Gasteiger partial charge on any atom is -0.497 e. The van der Waals surface area contributed by atoms with Crippen LogP contribution in [-0.4, -0.2) is 57.4 Å². The number of nitrogens with one attached hydrogen (secondary N) is 1. The van der Waals surface area contributed by atoms with E-state index in [1.807, 2.05) is 24.3 Å². The molecule has 2 aromatic rings. The first-order valence-electron chi connectivity index (χ1n) is 9.83. The number of aliphatic hydroxyl groups excluding tert-OH is 2. The number of ether oxygens (including phenoxy) is 2. The maximum atomic E-state index is 11.6. The Morgan fingerprint density at radius 2 is 1.55 bits per heavy atom. The molecule has 0 saturated heterocycles. The van der Waals surface area contributed by atoms with Gasteiger partial charge in [0, 0.05) is 24.8 Å². The van der Waals surface area contributed by atoms with Crippen LogP contribution in [0.2, 0.25) is 0 Å². The van der Waals surface area contributed by atoms with Gasteiger partial charge in [-0.3, -0.25) is 0 Å². The molecule has 0 radical (unpaired) electrons. The minimum atomic E-state index is -3.26. The summed E-state index contributed by atoms with van der Waals surface area (Å²) in [5, 5.41) is 23.6. The number of rotatable bonds is 9. The predicted molar refractivity (Wildman–Crippen MR) is 121 cm³/mol. The Labute approximate surface area is 189 Å². The molecule has 3 atom stereocenters. The van der Waals surface area contributed by atoms with E-state index in [-0.39, 0.29) is 17.3 Å². The lowest BCUT2D eigenvalue weighted by molar-refractivity contribution is 0.0438. The van der Waals surface area contributed by atoms with E-state index in [4.69, 9.17) is 9.47 Å². The summed E-state index contributed by atoms with van der Waals surface area (Å²) in [5.74, 6) is 1.35. The van der Waals surface area contributed by atoms with Crippen LogP contribution >= 0.6 is 12.4 Å². The van der Waals surface area contributed by atoms with Gasteiger partial charge in [0.2, 0.25) is 0 Å². The van der Waals surface area contributed by atoms with Gasteiger partial charge in [-0.25, -0.2) is 8.42 Å². The first-order valence-corrected chi connectivity index (χ1v) is 11.7. The van der Waals surface area contributed by atoms with Crippen molar-refractivity contribution in [2.24, 2.45) is 5.41 Å². The molecule has 2 aromatic carbocycles. The summed E-state index contributed by atoms with van der Waals surface area (Å²) in [4.78, 5) is 0.234. The summed E-state index contributed by atoms with van der Waals surface area (Å²) in [6, 6.07) is 14.0. The Morgan fingerprint density at radius 1 is 1.00 bits per heavy atom. The Kier molecular flexibility index (Phi) is 8.73. The van der Waals surface area contributed by atoms with Gasteiger partial charge in [0.25, 0.3) is 0 Å². The summed E-state index contributed by atoms with van der Waals surface area (Å²) in [6.45, 7) is 1.50. The third-order valence-corrected chi connectivity index (χ3v) is 6.64. The van der Waals surface area contributed by atoms with Crippen LogP contribution in [0.1, 0.15) is 18.4 Å². The van der Waals surface area contributed by atoms with Crippen molar-refractivity contribution in [1.29, 1.82) is 0 Å². The summed E-state index contributed by atoms with van der Waals surface area (Å²) in [5.41, 5.74) is 0.670. The highest BCUT2D eigenvalue weighted by Gasteiger charge is 2.44. The molecule has 0 aliphatic heterocycles. The van der Waals surface area contributed by atoms with Gasteiger partial charge in [0.15, 0.2) is 9.84 Å². The molecule has 1 aliphatic carbocycles. The Morgan fingerprint density at radius 3 is 2.06 bits per heavy atom. The molecule has 3 N–H and O–H groups in total. The van der Waals surface area contributed by atoms with Crippen LogP contribution in [0, 0.1) is 5.41 Å². The zero-order valence-electron chi connectivity index (χ0n) is 17.7. The molecule has 0 amide bonds. The van der Waals surface area contributed by atoms with Crippen LogP contribution in [-0.2, 0) is 16.4 Å². The fourth-order valence-electron chi connectivity index (χ4n) is 3.79. The minimum absolute atomic E-state index is 0. The lowest BCUT2D eigenvalue weighted by atomic mass is 9.86. The van der Waals surface area contributed by atoms with Crippen molar-refractivity contribution in [3.63, 3.8) is 0 Å². The summed E-state index contributed by atoms with van der Waals surface area (Å²) < 4.78 is 34.3. The first kappa shape index (κ1) is 25.4. The first-order chi connectivity index (χ1) is 14.2. The van der Waals surface area contributed by atoms with Crippen molar-refractivity contribution in [2.45, 2.75) is 36.5 Å². The Balaban J connectivity index is 0.00000341. The fraction of sp³-hybridized carbons (Fsp3) is 0.455. The number of benzene rings is 2. The Hall–Kier alpha value is -1.84. The molecular weight excluding hydrogens is 442 g/mol. The van der Waals surface area contributed by atoms with Crippen molar-refractivity contribution in [1.82, 2.24) is 5.32 Å². The van der Waals surface area contributed by atoms with Crippen LogP contribution in [0.3, 0.4) is 0 Å². The second-order valence-electron chi connectivity index (χ2n) is 8.03. The normalized spacial score (nSPS) is 23.2. The lowest BCUT2D eigenvalue weighted by Gasteiger charge is -2.29. The van der Waals surface area contributed by atoms with E-state index >= 15 is 0 Å². The molecule has 0 aromatic heterocycles. The van der Waals surface area contributed by atoms with E-state index in [0.29, 0.717) is 38.3 Å². The summed E-state index contributed by atoms with van der Waals surface area (Å²) in [7, 11) is -1.63. The molecule has 1 aliphatic rings. The quantitative estimate of drug-likeness (QED) is 0.514. The summed E-state index contributed by atoms with van der Waals surface area (Å²) >= 11 is 0. The van der Waals surface area contributed by atoms with Crippen LogP contribution in [0.25, 0.3) is 0 Å². The molecule has 7 nitrogen and oxygen atoms in total. The number of hydrogen-bond donors (Lipinski definition) is 3. The highest BCUT2D eigenvalue weighted by molar-refractivity contribution is 7.90. The molecule has 1 unspecified atom stereocenters. The highest BCUT2D eigenvalue weighted by Crippen LogP contribution is 2.39. The molecule has 1 fully saturated rings. The zero-order valence-corrected chi connectivity index (χ0v) is 19.3. The van der Waals surface area contributed by atoms with Gasteiger partial charge < -0.3 is 25.0 Å². The van der Waals surface area contributed by atoms with Crippen molar-refractivity contribution in [3.05, 3.63) is 54.1 Å². The number of methoxy groups -OCH3 is 1. The van der Waals surface area contributed by atoms with E-state index < -0.39 is 27.5 Å². The second-order valence-corrected chi connectivity index (χ2v) is 10.0. The second kappa shape index (κ2) is 10.7. The standard InChI is InChI=1S/C22H29NO6S.ClH/c1-28-17-5-3-16(4-6-17)13-23-14-22(11-20(24)21(25)12-22)15-29-18-7-9-19(10-8-18)30(2,26)27;/h3-10,20-21,23-25H,11-15H2,1-2H3;1H/t20-,21+,22?;. The molecule has 1 saturated carbocycles. The van der Waals surface area contributed by atoms with Gasteiger partial charge in [0.1, 0.15) is 11.5 Å². The van der Waals surface area contributed by atoms with Crippen LogP contribution in [0.15, 0.2) is 53.4 Å². The fourth-order valence-corrected chi connectivity index (χ4v) is 4.42. The third kappa shape index (κ3) is 6.82. The van der Waals surface area contributed by atoms with Gasteiger partial charge in [-0.05, 0) is 54.8 Å². The van der Waals surface area contributed by atoms with Gasteiger partial charge >= 0.3 is 0 Å². The zero-order chi connectivity index (χ0) is 21.8. The van der Waals surface area contributed by atoms with E-state index in [2.05, 4.69) is 5.32 Å². The van der Waals surface area contributed by atoms with Crippen molar-refractivity contribution >= 4 is 22.2 Å². The number of hydrogen-bond acceptors (Lipinski definition) is 7. The van der Waals surface area contributed by atoms with Crippen molar-refractivity contribution in [2.75, 3.05) is 26.5 Å². The number of sulfone groups is 1. The van der Waals surface area contributed by atoms with E-state index in [0.717, 1.165) is 17.6 Å². The van der Waals surface area contributed by atoms with Crippen molar-refractivity contribution < 1.29 is 28.1 Å². The monoisotopic (exact) mass is 471 g/mol. The van der Waals surface area contributed by atoms with Crippen LogP contribution in [0.4, 0.5) is 0 Å². The van der Waals surface area contributed by atoms with Gasteiger partial charge in [0.05, 0.1) is 30.8 Å². The smallest absolute Gasteiger partial charge is 0.175 e. The molecular formula is C22H30ClNO6S. The molecule has 172 valence electrons. The maximum absolute atomic E-state index is 11.6. The number of aliphatic hydroxyl groups is 2. The molecule has 31 heavy (non-hydrogen) atoms. The summed E-state index contributed by atoms with van der Waals surface area (Å²) in [6.07, 6.45) is 0.428. The molecule has 0 bridgehead atoms. The van der Waals surface area contributed by atoms with Gasteiger partial charge in [-0.15, -0.1) is 12.4 Å². The SMILES string of the molecule is COc1ccc(CNCC2(COc3ccc(S(C)(=O)=O)cc3)C[C@@H](O)[C@@H](O)C2)cc1.Cl. The van der Waals surface area contributed by atoms with E-state index in [9.17, 15) is 18.6 Å². The molecule has 9 heteroatoms. The maximum Gasteiger partial charge on any atom is 0.175 e. The molecule has 3 rings (SSSR count). The third-order valence-electron chi connectivity index (χ3n) is 5.51. The average molecular weight is 472 g/mol. The number of halogens is 1. The average Bonchev–Trinajstić information content (AvgIpc) is 3.00. The van der Waals surface area contributed by atoms with Crippen LogP contribution < -0.4 is 14.8 Å². The van der Waals surface area contributed by atoms with Gasteiger partial charge in [-0.1, -0.05) is 12.1 Å². The highest BCUT2D eigenvalue weighted by atomic mass is 35.5. The van der Waals surface area contributed by atoms with E-state index in [1.165, 1.54) is 12.1 Å². The lowest BCUT2D eigenvalue weighted by Crippen LogP contribution is -2.37. The molecule has 0 spiro atoms. The van der Waals surface area contributed by atoms with E-state index in [1.54, 1.807) is 19.2 Å². The predicted octanol–water partition coefficient (Wildman–Crippen LogP) is 2.19. The van der Waals surface area contributed by atoms with Crippen LogP contribution in [0.5, 0.6) is 11.5 Å². The molecule has 0 heterocycles. The largest absolute Gasteiger partial charge is 0.497 e. The van der Waals surface area contributed by atoms with Crippen molar-refractivity contribution in [3.8, 4) is 11.5 Å².